The van der Waals surface area contributed by atoms with Crippen molar-refractivity contribution in [3.05, 3.63) is 41.8 Å². The normalized spacial score (nSPS) is 9.69. The van der Waals surface area contributed by atoms with Gasteiger partial charge in [-0.15, -0.1) is 0 Å². The number of amides is 1. The lowest BCUT2D eigenvalue weighted by molar-refractivity contribution is -0.120. The second-order valence-corrected chi connectivity index (χ2v) is 3.03. The molecule has 13 heavy (non-hydrogen) atoms. The van der Waals surface area contributed by atoms with Crippen LogP contribution in [0.1, 0.15) is 5.56 Å². The minimum Gasteiger partial charge on any atom is -0.356 e. The molecule has 0 aliphatic heterocycles. The summed E-state index contributed by atoms with van der Waals surface area (Å²) >= 11 is 5.87. The SMILES string of the molecule is [CH2]CNC(=O)Cc1ccccc1Cl. The van der Waals surface area contributed by atoms with Gasteiger partial charge in [0.25, 0.3) is 0 Å². The molecule has 0 heterocycles. The molecule has 0 aliphatic carbocycles. The van der Waals surface area contributed by atoms with Crippen molar-refractivity contribution in [3.63, 3.8) is 0 Å². The van der Waals surface area contributed by atoms with Crippen LogP contribution >= 0.6 is 11.6 Å². The van der Waals surface area contributed by atoms with Crippen molar-refractivity contribution in [2.24, 2.45) is 0 Å². The Morgan fingerprint density at radius 2 is 2.15 bits per heavy atom. The summed E-state index contributed by atoms with van der Waals surface area (Å²) in [6.45, 7) is 3.93. The smallest absolute Gasteiger partial charge is 0.224 e. The van der Waals surface area contributed by atoms with E-state index in [0.717, 1.165) is 5.56 Å². The molecular formula is C10H11ClNO. The van der Waals surface area contributed by atoms with Crippen LogP contribution in [-0.2, 0) is 11.2 Å². The van der Waals surface area contributed by atoms with Crippen LogP contribution in [-0.4, -0.2) is 12.5 Å². The quantitative estimate of drug-likeness (QED) is 0.786. The van der Waals surface area contributed by atoms with Crippen LogP contribution in [0.25, 0.3) is 0 Å². The molecule has 69 valence electrons. The van der Waals surface area contributed by atoms with Crippen LogP contribution in [0.4, 0.5) is 0 Å². The van der Waals surface area contributed by atoms with Gasteiger partial charge in [-0.2, -0.15) is 0 Å². The van der Waals surface area contributed by atoms with Crippen molar-refractivity contribution in [3.8, 4) is 0 Å². The van der Waals surface area contributed by atoms with Gasteiger partial charge in [-0.25, -0.2) is 0 Å². The third-order valence-corrected chi connectivity index (χ3v) is 2.00. The van der Waals surface area contributed by atoms with Crippen molar-refractivity contribution >= 4 is 17.5 Å². The topological polar surface area (TPSA) is 29.1 Å². The van der Waals surface area contributed by atoms with Crippen LogP contribution in [0.2, 0.25) is 5.02 Å². The molecule has 0 aromatic heterocycles. The van der Waals surface area contributed by atoms with E-state index in [9.17, 15) is 4.79 Å². The standard InChI is InChI=1S/C10H11ClNO/c1-2-12-10(13)7-8-5-3-4-6-9(8)11/h3-6H,1-2,7H2,(H,12,13). The fourth-order valence-corrected chi connectivity index (χ4v) is 1.22. The van der Waals surface area contributed by atoms with Crippen molar-refractivity contribution in [2.75, 3.05) is 6.54 Å². The van der Waals surface area contributed by atoms with Gasteiger partial charge in [0.05, 0.1) is 6.42 Å². The van der Waals surface area contributed by atoms with Gasteiger partial charge >= 0.3 is 0 Å². The van der Waals surface area contributed by atoms with Crippen molar-refractivity contribution in [1.82, 2.24) is 5.32 Å². The van der Waals surface area contributed by atoms with Crippen LogP contribution in [0.3, 0.4) is 0 Å². The first-order chi connectivity index (χ1) is 6.24. The average molecular weight is 197 g/mol. The summed E-state index contributed by atoms with van der Waals surface area (Å²) < 4.78 is 0. The van der Waals surface area contributed by atoms with E-state index in [4.69, 9.17) is 11.6 Å². The highest BCUT2D eigenvalue weighted by Crippen LogP contribution is 2.14. The van der Waals surface area contributed by atoms with Gasteiger partial charge in [-0.05, 0) is 18.6 Å². The summed E-state index contributed by atoms with van der Waals surface area (Å²) in [4.78, 5) is 11.2. The monoisotopic (exact) mass is 196 g/mol. The highest BCUT2D eigenvalue weighted by Gasteiger charge is 2.04. The average Bonchev–Trinajstić information content (AvgIpc) is 2.09. The second-order valence-electron chi connectivity index (χ2n) is 2.62. The first-order valence-corrected chi connectivity index (χ1v) is 4.41. The molecular weight excluding hydrogens is 186 g/mol. The fraction of sp³-hybridized carbons (Fsp3) is 0.200. The van der Waals surface area contributed by atoms with E-state index in [1.54, 1.807) is 6.07 Å². The molecule has 1 amide bonds. The van der Waals surface area contributed by atoms with Crippen molar-refractivity contribution in [2.45, 2.75) is 6.42 Å². The summed E-state index contributed by atoms with van der Waals surface area (Å²) in [6.07, 6.45) is 0.315. The molecule has 0 aliphatic rings. The minimum atomic E-state index is -0.0527. The molecule has 0 saturated heterocycles. The molecule has 0 unspecified atom stereocenters. The number of halogens is 1. The Labute approximate surface area is 82.9 Å². The molecule has 0 fully saturated rings. The first kappa shape index (κ1) is 10.1. The Kier molecular flexibility index (Phi) is 3.77. The third-order valence-electron chi connectivity index (χ3n) is 1.63. The molecule has 0 saturated carbocycles. The van der Waals surface area contributed by atoms with E-state index in [1.807, 2.05) is 18.2 Å². The Morgan fingerprint density at radius 3 is 2.77 bits per heavy atom. The van der Waals surface area contributed by atoms with E-state index < -0.39 is 0 Å². The summed E-state index contributed by atoms with van der Waals surface area (Å²) in [5.74, 6) is -0.0527. The maximum Gasteiger partial charge on any atom is 0.224 e. The zero-order chi connectivity index (χ0) is 9.68. The molecule has 3 heteroatoms. The Hall–Kier alpha value is -1.02. The molecule has 0 spiro atoms. The van der Waals surface area contributed by atoms with E-state index in [1.165, 1.54) is 0 Å². The summed E-state index contributed by atoms with van der Waals surface area (Å²) in [6, 6.07) is 7.31. The summed E-state index contributed by atoms with van der Waals surface area (Å²) in [5.41, 5.74) is 0.843. The molecule has 1 N–H and O–H groups in total. The zero-order valence-corrected chi connectivity index (χ0v) is 7.97. The van der Waals surface area contributed by atoms with Gasteiger partial charge in [-0.1, -0.05) is 29.8 Å². The number of nitrogens with one attached hydrogen (secondary N) is 1. The number of hydrogen-bond acceptors (Lipinski definition) is 1. The Morgan fingerprint density at radius 1 is 1.46 bits per heavy atom. The summed E-state index contributed by atoms with van der Waals surface area (Å²) in [5, 5.41) is 3.24. The maximum absolute atomic E-state index is 11.2. The lowest BCUT2D eigenvalue weighted by Gasteiger charge is -2.03. The van der Waals surface area contributed by atoms with Gasteiger partial charge in [-0.3, -0.25) is 4.79 Å². The lowest BCUT2D eigenvalue weighted by Crippen LogP contribution is -2.24. The highest BCUT2D eigenvalue weighted by molar-refractivity contribution is 6.31. The Balaban J connectivity index is 2.63. The predicted octanol–water partition coefficient (Wildman–Crippen LogP) is 1.83. The first-order valence-electron chi connectivity index (χ1n) is 4.03. The predicted molar refractivity (Wildman–Crippen MR) is 53.5 cm³/mol. The van der Waals surface area contributed by atoms with Gasteiger partial charge in [0.2, 0.25) is 5.91 Å². The van der Waals surface area contributed by atoms with E-state index in [-0.39, 0.29) is 5.91 Å². The lowest BCUT2D eigenvalue weighted by atomic mass is 10.1. The molecule has 1 aromatic carbocycles. The van der Waals surface area contributed by atoms with Crippen molar-refractivity contribution in [1.29, 1.82) is 0 Å². The Bertz CT molecular complexity index is 299. The van der Waals surface area contributed by atoms with Gasteiger partial charge in [0.15, 0.2) is 0 Å². The number of benzene rings is 1. The highest BCUT2D eigenvalue weighted by atomic mass is 35.5. The molecule has 1 rings (SSSR count). The number of rotatable bonds is 3. The van der Waals surface area contributed by atoms with E-state index in [0.29, 0.717) is 18.0 Å². The van der Waals surface area contributed by atoms with Gasteiger partial charge in [0, 0.05) is 11.6 Å². The van der Waals surface area contributed by atoms with Gasteiger partial charge < -0.3 is 5.32 Å². The largest absolute Gasteiger partial charge is 0.356 e. The third kappa shape index (κ3) is 3.07. The minimum absolute atomic E-state index is 0.0527. The van der Waals surface area contributed by atoms with Gasteiger partial charge in [0.1, 0.15) is 0 Å². The van der Waals surface area contributed by atoms with Crippen LogP contribution < -0.4 is 5.32 Å². The zero-order valence-electron chi connectivity index (χ0n) is 7.22. The fourth-order valence-electron chi connectivity index (χ4n) is 1.02. The number of carbonyl (C=O) groups excluding carboxylic acids is 1. The van der Waals surface area contributed by atoms with Crippen LogP contribution in [0.15, 0.2) is 24.3 Å². The number of hydrogen-bond donors (Lipinski definition) is 1. The maximum atomic E-state index is 11.2. The van der Waals surface area contributed by atoms with Crippen LogP contribution in [0, 0.1) is 6.92 Å². The molecule has 1 radical (unpaired) electrons. The van der Waals surface area contributed by atoms with E-state index >= 15 is 0 Å². The van der Waals surface area contributed by atoms with Crippen molar-refractivity contribution < 1.29 is 4.79 Å². The molecule has 2 nitrogen and oxygen atoms in total. The molecule has 0 atom stereocenters. The molecule has 0 bridgehead atoms. The van der Waals surface area contributed by atoms with Crippen LogP contribution in [0.5, 0.6) is 0 Å². The second kappa shape index (κ2) is 4.87. The number of carbonyl (C=O) groups is 1. The summed E-state index contributed by atoms with van der Waals surface area (Å²) in [7, 11) is 0. The molecule has 1 aromatic rings. The van der Waals surface area contributed by atoms with E-state index in [2.05, 4.69) is 12.2 Å².